The van der Waals surface area contributed by atoms with Crippen molar-refractivity contribution in [3.8, 4) is 0 Å². The normalized spacial score (nSPS) is 9.61. The van der Waals surface area contributed by atoms with Gasteiger partial charge in [0, 0.05) is 18.8 Å². The van der Waals surface area contributed by atoms with Crippen LogP contribution in [0.2, 0.25) is 0 Å². The van der Waals surface area contributed by atoms with Crippen molar-refractivity contribution in [1.82, 2.24) is 5.32 Å². The van der Waals surface area contributed by atoms with Crippen molar-refractivity contribution < 1.29 is 4.79 Å². The Morgan fingerprint density at radius 3 is 2.50 bits per heavy atom. The molecule has 0 aliphatic carbocycles. The average Bonchev–Trinajstić information content (AvgIpc) is 2.31. The third-order valence-corrected chi connectivity index (χ3v) is 2.24. The molecule has 0 saturated carbocycles. The van der Waals surface area contributed by atoms with Crippen molar-refractivity contribution in [2.75, 3.05) is 18.4 Å². The van der Waals surface area contributed by atoms with E-state index < -0.39 is 0 Å². The standard InChI is InChI=1S/C12H19N5O/c1-2-15-12(18)17-10-5-3-9(4-6-10)7-8-16-11(13)14/h3-6H,2,7-8H2,1H3,(H4,13,14,16)(H2,15,17,18). The van der Waals surface area contributed by atoms with E-state index in [1.54, 1.807) is 0 Å². The zero-order valence-electron chi connectivity index (χ0n) is 10.4. The number of nitrogens with one attached hydrogen (secondary N) is 2. The highest BCUT2D eigenvalue weighted by molar-refractivity contribution is 5.89. The summed E-state index contributed by atoms with van der Waals surface area (Å²) >= 11 is 0. The van der Waals surface area contributed by atoms with E-state index in [1.165, 1.54) is 0 Å². The van der Waals surface area contributed by atoms with Crippen LogP contribution >= 0.6 is 0 Å². The number of aliphatic imine (C=N–C) groups is 1. The molecule has 0 heterocycles. The van der Waals surface area contributed by atoms with Gasteiger partial charge in [0.1, 0.15) is 0 Å². The molecule has 98 valence electrons. The molecule has 0 spiro atoms. The van der Waals surface area contributed by atoms with Gasteiger partial charge in [-0.25, -0.2) is 4.79 Å². The molecule has 6 nitrogen and oxygen atoms in total. The summed E-state index contributed by atoms with van der Waals surface area (Å²) in [6, 6.07) is 7.36. The highest BCUT2D eigenvalue weighted by Gasteiger charge is 1.99. The summed E-state index contributed by atoms with van der Waals surface area (Å²) in [5.41, 5.74) is 12.3. The van der Waals surface area contributed by atoms with Gasteiger partial charge in [0.05, 0.1) is 0 Å². The van der Waals surface area contributed by atoms with Crippen LogP contribution in [-0.4, -0.2) is 25.1 Å². The van der Waals surface area contributed by atoms with Crippen LogP contribution in [0, 0.1) is 0 Å². The highest BCUT2D eigenvalue weighted by atomic mass is 16.2. The third-order valence-electron chi connectivity index (χ3n) is 2.24. The molecular weight excluding hydrogens is 230 g/mol. The minimum absolute atomic E-state index is 0.101. The number of carbonyl (C=O) groups is 1. The number of carbonyl (C=O) groups excluding carboxylic acids is 1. The van der Waals surface area contributed by atoms with E-state index in [0.29, 0.717) is 13.1 Å². The minimum atomic E-state index is -0.203. The van der Waals surface area contributed by atoms with Gasteiger partial charge in [-0.1, -0.05) is 12.1 Å². The molecule has 1 aromatic carbocycles. The first-order valence-electron chi connectivity index (χ1n) is 5.81. The van der Waals surface area contributed by atoms with Crippen molar-refractivity contribution in [2.45, 2.75) is 13.3 Å². The van der Waals surface area contributed by atoms with Crippen LogP contribution in [0.3, 0.4) is 0 Å². The van der Waals surface area contributed by atoms with Gasteiger partial charge in [-0.3, -0.25) is 4.99 Å². The molecule has 0 unspecified atom stereocenters. The zero-order chi connectivity index (χ0) is 13.4. The minimum Gasteiger partial charge on any atom is -0.370 e. The maximum absolute atomic E-state index is 11.3. The van der Waals surface area contributed by atoms with E-state index >= 15 is 0 Å². The van der Waals surface area contributed by atoms with Crippen LogP contribution in [0.15, 0.2) is 29.3 Å². The van der Waals surface area contributed by atoms with Crippen molar-refractivity contribution in [3.63, 3.8) is 0 Å². The predicted octanol–water partition coefficient (Wildman–Crippen LogP) is 0.644. The monoisotopic (exact) mass is 249 g/mol. The van der Waals surface area contributed by atoms with Gasteiger partial charge < -0.3 is 22.1 Å². The fourth-order valence-corrected chi connectivity index (χ4v) is 1.40. The topological polar surface area (TPSA) is 106 Å². The van der Waals surface area contributed by atoms with E-state index in [-0.39, 0.29) is 12.0 Å². The zero-order valence-corrected chi connectivity index (χ0v) is 10.4. The molecule has 0 radical (unpaired) electrons. The van der Waals surface area contributed by atoms with E-state index in [9.17, 15) is 4.79 Å². The van der Waals surface area contributed by atoms with Crippen molar-refractivity contribution in [2.24, 2.45) is 16.5 Å². The first-order valence-corrected chi connectivity index (χ1v) is 5.81. The van der Waals surface area contributed by atoms with E-state index in [4.69, 9.17) is 11.5 Å². The summed E-state index contributed by atoms with van der Waals surface area (Å²) in [7, 11) is 0. The maximum Gasteiger partial charge on any atom is 0.319 e. The number of hydrogen-bond donors (Lipinski definition) is 4. The number of nitrogens with two attached hydrogens (primary N) is 2. The molecule has 0 aliphatic heterocycles. The molecule has 1 aromatic rings. The van der Waals surface area contributed by atoms with Crippen LogP contribution < -0.4 is 22.1 Å². The average molecular weight is 249 g/mol. The van der Waals surface area contributed by atoms with Gasteiger partial charge in [0.15, 0.2) is 5.96 Å². The number of urea groups is 1. The van der Waals surface area contributed by atoms with Crippen molar-refractivity contribution in [3.05, 3.63) is 29.8 Å². The first kappa shape index (κ1) is 13.8. The van der Waals surface area contributed by atoms with Gasteiger partial charge in [-0.05, 0) is 31.0 Å². The van der Waals surface area contributed by atoms with Crippen molar-refractivity contribution >= 4 is 17.7 Å². The van der Waals surface area contributed by atoms with Crippen LogP contribution in [0.5, 0.6) is 0 Å². The molecule has 2 amide bonds. The fourth-order valence-electron chi connectivity index (χ4n) is 1.40. The summed E-state index contributed by atoms with van der Waals surface area (Å²) in [6.45, 7) is 3.03. The summed E-state index contributed by atoms with van der Waals surface area (Å²) in [4.78, 5) is 15.2. The van der Waals surface area contributed by atoms with Gasteiger partial charge in [0.25, 0.3) is 0 Å². The number of benzene rings is 1. The molecule has 0 aromatic heterocycles. The largest absolute Gasteiger partial charge is 0.370 e. The lowest BCUT2D eigenvalue weighted by atomic mass is 10.1. The Labute approximate surface area is 106 Å². The Morgan fingerprint density at radius 1 is 1.28 bits per heavy atom. The summed E-state index contributed by atoms with van der Waals surface area (Å²) in [5, 5.41) is 5.39. The quantitative estimate of drug-likeness (QED) is 0.454. The molecule has 1 rings (SSSR count). The number of amides is 2. The van der Waals surface area contributed by atoms with Gasteiger partial charge >= 0.3 is 6.03 Å². The van der Waals surface area contributed by atoms with Crippen LogP contribution in [0.25, 0.3) is 0 Å². The Balaban J connectivity index is 2.47. The van der Waals surface area contributed by atoms with E-state index in [0.717, 1.165) is 17.7 Å². The number of guanidine groups is 1. The second-order valence-corrected chi connectivity index (χ2v) is 3.74. The SMILES string of the molecule is CCNC(=O)Nc1ccc(CCN=C(N)N)cc1. The lowest BCUT2D eigenvalue weighted by Crippen LogP contribution is -2.28. The highest BCUT2D eigenvalue weighted by Crippen LogP contribution is 2.09. The van der Waals surface area contributed by atoms with Gasteiger partial charge in [-0.15, -0.1) is 0 Å². The van der Waals surface area contributed by atoms with Gasteiger partial charge in [-0.2, -0.15) is 0 Å². The Kier molecular flexibility index (Phi) is 5.50. The lowest BCUT2D eigenvalue weighted by molar-refractivity contribution is 0.252. The summed E-state index contributed by atoms with van der Waals surface area (Å²) < 4.78 is 0. The molecule has 0 aliphatic rings. The molecular formula is C12H19N5O. The number of anilines is 1. The third kappa shape index (κ3) is 5.20. The second kappa shape index (κ2) is 7.16. The number of rotatable bonds is 5. The lowest BCUT2D eigenvalue weighted by Gasteiger charge is -2.06. The molecule has 18 heavy (non-hydrogen) atoms. The van der Waals surface area contributed by atoms with Crippen LogP contribution in [0.4, 0.5) is 10.5 Å². The predicted molar refractivity (Wildman–Crippen MR) is 73.5 cm³/mol. The smallest absolute Gasteiger partial charge is 0.319 e. The summed E-state index contributed by atoms with van der Waals surface area (Å²) in [5.74, 6) is 0.101. The molecule has 0 bridgehead atoms. The fraction of sp³-hybridized carbons (Fsp3) is 0.333. The van der Waals surface area contributed by atoms with Crippen molar-refractivity contribution in [1.29, 1.82) is 0 Å². The van der Waals surface area contributed by atoms with E-state index in [1.807, 2.05) is 31.2 Å². The number of nitrogens with zero attached hydrogens (tertiary/aromatic N) is 1. The Morgan fingerprint density at radius 2 is 1.94 bits per heavy atom. The van der Waals surface area contributed by atoms with Crippen LogP contribution in [-0.2, 0) is 6.42 Å². The molecule has 0 saturated heterocycles. The maximum atomic E-state index is 11.3. The molecule has 0 fully saturated rings. The number of hydrogen-bond acceptors (Lipinski definition) is 2. The molecule has 0 atom stereocenters. The Hall–Kier alpha value is -2.24. The van der Waals surface area contributed by atoms with Gasteiger partial charge in [0.2, 0.25) is 0 Å². The molecule has 6 heteroatoms. The second-order valence-electron chi connectivity index (χ2n) is 3.74. The van der Waals surface area contributed by atoms with E-state index in [2.05, 4.69) is 15.6 Å². The molecule has 6 N–H and O–H groups in total. The Bertz CT molecular complexity index is 409. The first-order chi connectivity index (χ1) is 8.61. The van der Waals surface area contributed by atoms with Crippen LogP contribution in [0.1, 0.15) is 12.5 Å². The summed E-state index contributed by atoms with van der Waals surface area (Å²) in [6.07, 6.45) is 0.763.